The van der Waals surface area contributed by atoms with Crippen LogP contribution in [0.25, 0.3) is 0 Å². The number of aliphatic imine (C=N–C) groups is 1. The number of likely N-dealkylation sites (N-methyl/N-ethyl adjacent to an activating group) is 1. The molecule has 0 saturated carbocycles. The Morgan fingerprint density at radius 2 is 1.78 bits per heavy atom. The zero-order valence-electron chi connectivity index (χ0n) is 13.1. The van der Waals surface area contributed by atoms with E-state index in [1.54, 1.807) is 0 Å². The normalized spacial score (nSPS) is 17.7. The second-order valence-electron chi connectivity index (χ2n) is 6.06. The maximum absolute atomic E-state index is 6.18. The summed E-state index contributed by atoms with van der Waals surface area (Å²) in [4.78, 5) is 9.69. The molecule has 0 amide bonds. The number of fused-ring (bicyclic) bond motifs is 2. The van der Waals surface area contributed by atoms with E-state index in [1.165, 1.54) is 0 Å². The largest absolute Gasteiger partial charge is 0.353 e. The minimum Gasteiger partial charge on any atom is -0.353 e. The molecule has 4 nitrogen and oxygen atoms in total. The van der Waals surface area contributed by atoms with Gasteiger partial charge in [-0.05, 0) is 37.4 Å². The van der Waals surface area contributed by atoms with E-state index in [-0.39, 0.29) is 0 Å². The van der Waals surface area contributed by atoms with Crippen molar-refractivity contribution < 1.29 is 0 Å². The van der Waals surface area contributed by atoms with Crippen LogP contribution in [0.3, 0.4) is 0 Å². The van der Waals surface area contributed by atoms with Crippen LogP contribution in [0.1, 0.15) is 5.56 Å². The van der Waals surface area contributed by atoms with Gasteiger partial charge < -0.3 is 15.1 Å². The van der Waals surface area contributed by atoms with E-state index in [0.717, 1.165) is 54.6 Å². The van der Waals surface area contributed by atoms with Gasteiger partial charge in [-0.3, -0.25) is 0 Å². The first kappa shape index (κ1) is 14.5. The Labute approximate surface area is 141 Å². The summed E-state index contributed by atoms with van der Waals surface area (Å²) in [5.41, 5.74) is 4.12. The Bertz CT molecular complexity index is 763. The van der Waals surface area contributed by atoms with Crippen molar-refractivity contribution in [2.75, 3.05) is 38.5 Å². The lowest BCUT2D eigenvalue weighted by Gasteiger charge is -2.34. The summed E-state index contributed by atoms with van der Waals surface area (Å²) in [7, 11) is 2.16. The fourth-order valence-electron chi connectivity index (χ4n) is 3.07. The maximum Gasteiger partial charge on any atom is 0.138 e. The van der Waals surface area contributed by atoms with E-state index < -0.39 is 0 Å². The summed E-state index contributed by atoms with van der Waals surface area (Å²) in [6.07, 6.45) is 0. The number of halogens is 1. The summed E-state index contributed by atoms with van der Waals surface area (Å²) in [5, 5.41) is 4.20. The highest BCUT2D eigenvalue weighted by molar-refractivity contribution is 6.31. The van der Waals surface area contributed by atoms with E-state index in [0.29, 0.717) is 5.02 Å². The van der Waals surface area contributed by atoms with Crippen molar-refractivity contribution in [3.8, 4) is 0 Å². The fraction of sp³-hybridized carbons (Fsp3) is 0.278. The fourth-order valence-corrected chi connectivity index (χ4v) is 3.24. The van der Waals surface area contributed by atoms with Gasteiger partial charge in [0.05, 0.1) is 11.4 Å². The second-order valence-corrected chi connectivity index (χ2v) is 6.49. The van der Waals surface area contributed by atoms with Gasteiger partial charge in [0.15, 0.2) is 0 Å². The smallest absolute Gasteiger partial charge is 0.138 e. The molecule has 23 heavy (non-hydrogen) atoms. The lowest BCUT2D eigenvalue weighted by atomic mass is 10.1. The van der Waals surface area contributed by atoms with Crippen molar-refractivity contribution >= 4 is 34.5 Å². The van der Waals surface area contributed by atoms with Gasteiger partial charge in [0, 0.05) is 42.5 Å². The van der Waals surface area contributed by atoms with Gasteiger partial charge >= 0.3 is 0 Å². The number of para-hydroxylation sites is 1. The molecule has 0 radical (unpaired) electrons. The number of benzene rings is 2. The van der Waals surface area contributed by atoms with E-state index in [4.69, 9.17) is 16.6 Å². The van der Waals surface area contributed by atoms with Crippen LogP contribution in [0.5, 0.6) is 0 Å². The van der Waals surface area contributed by atoms with Gasteiger partial charge in [0.1, 0.15) is 5.84 Å². The van der Waals surface area contributed by atoms with Crippen molar-refractivity contribution in [1.82, 2.24) is 9.80 Å². The van der Waals surface area contributed by atoms with Crippen molar-refractivity contribution in [2.24, 2.45) is 4.99 Å². The van der Waals surface area contributed by atoms with Crippen LogP contribution < -0.4 is 5.32 Å². The Kier molecular flexibility index (Phi) is 3.71. The monoisotopic (exact) mass is 327 g/mol. The predicted octanol–water partition coefficient (Wildman–Crippen LogP) is 3.72. The number of nitrogens with zero attached hydrogens (tertiary/aromatic N) is 3. The quantitative estimate of drug-likeness (QED) is 0.748. The van der Waals surface area contributed by atoms with Crippen LogP contribution in [0.2, 0.25) is 5.02 Å². The molecule has 118 valence electrons. The maximum atomic E-state index is 6.18. The minimum atomic E-state index is 0.706. The summed E-state index contributed by atoms with van der Waals surface area (Å²) in [5.74, 6) is 1.03. The standard InChI is InChI=1S/C18H19ClN4/c1-22-8-10-23(11-9-22)18-14-4-2-3-5-15(14)20-16-7-6-13(19)12-17(16)21-18/h2-7,12,20H,8-11H2,1H3/i1+1. The molecule has 0 spiro atoms. The number of nitrogens with one attached hydrogen (secondary N) is 1. The van der Waals surface area contributed by atoms with Gasteiger partial charge in [-0.25, -0.2) is 4.99 Å². The van der Waals surface area contributed by atoms with E-state index >= 15 is 0 Å². The van der Waals surface area contributed by atoms with Crippen molar-refractivity contribution in [2.45, 2.75) is 0 Å². The zero-order valence-corrected chi connectivity index (χ0v) is 13.8. The Hall–Kier alpha value is -2.04. The molecule has 2 aliphatic heterocycles. The minimum absolute atomic E-state index is 0.706. The van der Waals surface area contributed by atoms with Crippen LogP contribution in [0.15, 0.2) is 47.5 Å². The SMILES string of the molecule is [13CH3]N1CCN(C2=Nc3cc(Cl)ccc3Nc3ccccc32)CC1. The van der Waals surface area contributed by atoms with Crippen LogP contribution in [0, 0.1) is 0 Å². The first-order valence-corrected chi connectivity index (χ1v) is 8.27. The molecule has 0 bridgehead atoms. The van der Waals surface area contributed by atoms with Crippen LogP contribution in [-0.4, -0.2) is 48.9 Å². The lowest BCUT2D eigenvalue weighted by molar-refractivity contribution is 0.216. The van der Waals surface area contributed by atoms with E-state index in [2.05, 4.69) is 40.4 Å². The van der Waals surface area contributed by atoms with Crippen LogP contribution in [0.4, 0.5) is 17.1 Å². The highest BCUT2D eigenvalue weighted by Crippen LogP contribution is 2.36. The number of anilines is 2. The van der Waals surface area contributed by atoms with Crippen molar-refractivity contribution in [3.05, 3.63) is 53.1 Å². The van der Waals surface area contributed by atoms with Crippen molar-refractivity contribution in [3.63, 3.8) is 0 Å². The van der Waals surface area contributed by atoms with Crippen molar-refractivity contribution in [1.29, 1.82) is 0 Å². The molecular formula is C18H19ClN4. The van der Waals surface area contributed by atoms with E-state index in [9.17, 15) is 0 Å². The molecule has 2 heterocycles. The van der Waals surface area contributed by atoms with Gasteiger partial charge in [-0.1, -0.05) is 23.7 Å². The molecule has 0 atom stereocenters. The third-order valence-electron chi connectivity index (χ3n) is 4.43. The third-order valence-corrected chi connectivity index (χ3v) is 4.66. The Balaban J connectivity index is 1.83. The first-order chi connectivity index (χ1) is 11.2. The number of hydrogen-bond acceptors (Lipinski definition) is 4. The molecule has 4 rings (SSSR count). The molecule has 0 aliphatic carbocycles. The molecule has 2 aromatic rings. The highest BCUT2D eigenvalue weighted by Gasteiger charge is 2.23. The van der Waals surface area contributed by atoms with Crippen LogP contribution in [-0.2, 0) is 0 Å². The van der Waals surface area contributed by atoms with Gasteiger partial charge in [-0.15, -0.1) is 0 Å². The molecule has 0 aromatic heterocycles. The number of rotatable bonds is 0. The molecule has 1 N–H and O–H groups in total. The number of amidine groups is 1. The average molecular weight is 328 g/mol. The first-order valence-electron chi connectivity index (χ1n) is 7.89. The van der Waals surface area contributed by atoms with Gasteiger partial charge in [0.2, 0.25) is 0 Å². The second kappa shape index (κ2) is 5.87. The van der Waals surface area contributed by atoms with Gasteiger partial charge in [-0.2, -0.15) is 0 Å². The molecule has 1 fully saturated rings. The Morgan fingerprint density at radius 1 is 1.00 bits per heavy atom. The molecule has 2 aromatic carbocycles. The molecule has 1 saturated heterocycles. The molecule has 0 unspecified atom stereocenters. The number of piperazine rings is 1. The highest BCUT2D eigenvalue weighted by atomic mass is 35.5. The molecular weight excluding hydrogens is 309 g/mol. The Morgan fingerprint density at radius 3 is 2.61 bits per heavy atom. The third kappa shape index (κ3) is 2.80. The van der Waals surface area contributed by atoms with Gasteiger partial charge in [0.25, 0.3) is 0 Å². The molecule has 2 aliphatic rings. The molecule has 5 heteroatoms. The van der Waals surface area contributed by atoms with E-state index in [1.807, 2.05) is 24.3 Å². The summed E-state index contributed by atoms with van der Waals surface area (Å²) in [6.45, 7) is 4.08. The zero-order chi connectivity index (χ0) is 15.8. The summed E-state index contributed by atoms with van der Waals surface area (Å²) in [6, 6.07) is 14.2. The van der Waals surface area contributed by atoms with Crippen LogP contribution >= 0.6 is 11.6 Å². The topological polar surface area (TPSA) is 30.9 Å². The summed E-state index contributed by atoms with van der Waals surface area (Å²) >= 11 is 6.18. The summed E-state index contributed by atoms with van der Waals surface area (Å²) < 4.78 is 0. The predicted molar refractivity (Wildman–Crippen MR) is 96.4 cm³/mol. The number of hydrogen-bond donors (Lipinski definition) is 1. The average Bonchev–Trinajstić information content (AvgIpc) is 2.72. The lowest BCUT2D eigenvalue weighted by Crippen LogP contribution is -2.47.